The van der Waals surface area contributed by atoms with Crippen molar-refractivity contribution in [1.29, 1.82) is 0 Å². The fourth-order valence-electron chi connectivity index (χ4n) is 3.65. The van der Waals surface area contributed by atoms with E-state index in [0.717, 1.165) is 5.56 Å². The van der Waals surface area contributed by atoms with E-state index >= 15 is 0 Å². The number of nitrogens with zero attached hydrogens (tertiary/aromatic N) is 2. The summed E-state index contributed by atoms with van der Waals surface area (Å²) in [5, 5.41) is 5.75. The molecule has 9 heteroatoms. The highest BCUT2D eigenvalue weighted by atomic mass is 19.1. The van der Waals surface area contributed by atoms with E-state index in [1.165, 1.54) is 24.6 Å². The Morgan fingerprint density at radius 1 is 1.26 bits per heavy atom. The van der Waals surface area contributed by atoms with Crippen LogP contribution in [0.5, 0.6) is 0 Å². The first-order valence-electron chi connectivity index (χ1n) is 10.1. The number of hydrogen-bond acceptors (Lipinski definition) is 5. The van der Waals surface area contributed by atoms with Crippen molar-refractivity contribution in [2.45, 2.75) is 39.1 Å². The summed E-state index contributed by atoms with van der Waals surface area (Å²) in [6, 6.07) is 7.37. The Balaban J connectivity index is 1.55. The van der Waals surface area contributed by atoms with E-state index in [2.05, 4.69) is 15.6 Å². The summed E-state index contributed by atoms with van der Waals surface area (Å²) in [5.41, 5.74) is 2.23. The number of halogens is 1. The van der Waals surface area contributed by atoms with E-state index in [0.29, 0.717) is 42.4 Å². The van der Waals surface area contributed by atoms with Crippen LogP contribution in [-0.4, -0.2) is 28.0 Å². The first-order valence-corrected chi connectivity index (χ1v) is 10.1. The molecule has 0 radical (unpaired) electrons. The van der Waals surface area contributed by atoms with E-state index in [1.807, 2.05) is 11.5 Å². The highest BCUT2D eigenvalue weighted by Gasteiger charge is 2.27. The monoisotopic (exact) mass is 426 g/mol. The number of aromatic nitrogens is 2. The highest BCUT2D eigenvalue weighted by molar-refractivity contribution is 6.00. The van der Waals surface area contributed by atoms with Crippen LogP contribution in [0.4, 0.5) is 4.39 Å². The quantitative estimate of drug-likeness (QED) is 0.605. The zero-order chi connectivity index (χ0) is 21.8. The number of oxazole rings is 1. The maximum atomic E-state index is 13.3. The zero-order valence-corrected chi connectivity index (χ0v) is 17.1. The fraction of sp³-hybridized carbons (Fsp3) is 0.318. The molecule has 1 aliphatic rings. The van der Waals surface area contributed by atoms with Crippen molar-refractivity contribution < 1.29 is 23.1 Å². The number of rotatable bonds is 7. The van der Waals surface area contributed by atoms with Gasteiger partial charge >= 0.3 is 0 Å². The van der Waals surface area contributed by atoms with Gasteiger partial charge in [0.05, 0.1) is 43.3 Å². The van der Waals surface area contributed by atoms with Crippen molar-refractivity contribution >= 4 is 11.8 Å². The number of fused-ring (bicyclic) bond motifs is 1. The lowest BCUT2D eigenvalue weighted by molar-refractivity contribution is 0.0775. The van der Waals surface area contributed by atoms with Gasteiger partial charge < -0.3 is 24.4 Å². The van der Waals surface area contributed by atoms with Crippen molar-refractivity contribution in [3.05, 3.63) is 77.0 Å². The first kappa shape index (κ1) is 20.8. The molecule has 0 saturated heterocycles. The summed E-state index contributed by atoms with van der Waals surface area (Å²) in [4.78, 5) is 29.8. The standard InChI is InChI=1S/C22H23FN4O4/c1-2-17(14-3-5-15(23)6-4-14)26-22(29)18-11-16(19-13-30-10-8-27(18)19)21(28)25-12-20-24-7-9-31-20/h3-7,9,11,17H,2,8,10,12-13H2,1H3,(H,25,28)(H,26,29)/t17-/m1/s1. The molecule has 1 aliphatic heterocycles. The fourth-order valence-corrected chi connectivity index (χ4v) is 3.65. The molecule has 0 aliphatic carbocycles. The average Bonchev–Trinajstić information content (AvgIpc) is 3.44. The Labute approximate surface area is 178 Å². The number of hydrogen-bond donors (Lipinski definition) is 2. The molecule has 3 heterocycles. The number of carbonyl (C=O) groups is 2. The summed E-state index contributed by atoms with van der Waals surface area (Å²) in [7, 11) is 0. The van der Waals surface area contributed by atoms with Gasteiger partial charge in [-0.1, -0.05) is 19.1 Å². The molecule has 0 bridgehead atoms. The third kappa shape index (κ3) is 4.51. The van der Waals surface area contributed by atoms with Gasteiger partial charge in [-0.15, -0.1) is 0 Å². The number of ether oxygens (including phenoxy) is 1. The van der Waals surface area contributed by atoms with Crippen LogP contribution in [0.1, 0.15) is 57.4 Å². The average molecular weight is 426 g/mol. The van der Waals surface area contributed by atoms with E-state index in [-0.39, 0.29) is 36.8 Å². The van der Waals surface area contributed by atoms with Gasteiger partial charge in [0.1, 0.15) is 17.8 Å². The molecule has 2 amide bonds. The van der Waals surface area contributed by atoms with Crippen LogP contribution in [0, 0.1) is 5.82 Å². The molecule has 31 heavy (non-hydrogen) atoms. The molecule has 162 valence electrons. The minimum atomic E-state index is -0.336. The van der Waals surface area contributed by atoms with E-state index in [1.54, 1.807) is 18.2 Å². The van der Waals surface area contributed by atoms with Crippen molar-refractivity contribution in [2.75, 3.05) is 6.61 Å². The van der Waals surface area contributed by atoms with Crippen LogP contribution in [-0.2, 0) is 24.4 Å². The molecule has 1 aromatic carbocycles. The molecule has 4 rings (SSSR count). The second-order valence-electron chi connectivity index (χ2n) is 7.19. The molecule has 1 atom stereocenters. The minimum Gasteiger partial charge on any atom is -0.447 e. The van der Waals surface area contributed by atoms with Gasteiger partial charge in [-0.3, -0.25) is 9.59 Å². The lowest BCUT2D eigenvalue weighted by Gasteiger charge is -2.21. The van der Waals surface area contributed by atoms with Gasteiger partial charge in [0.2, 0.25) is 5.89 Å². The van der Waals surface area contributed by atoms with Gasteiger partial charge in [-0.05, 0) is 30.2 Å². The summed E-state index contributed by atoms with van der Waals surface area (Å²) < 4.78 is 25.7. The smallest absolute Gasteiger partial charge is 0.268 e. The molecule has 2 N–H and O–H groups in total. The zero-order valence-electron chi connectivity index (χ0n) is 17.1. The Morgan fingerprint density at radius 2 is 2.06 bits per heavy atom. The van der Waals surface area contributed by atoms with Gasteiger partial charge in [-0.25, -0.2) is 9.37 Å². The molecule has 0 fully saturated rings. The van der Waals surface area contributed by atoms with Crippen molar-refractivity contribution in [3.8, 4) is 0 Å². The van der Waals surface area contributed by atoms with E-state index in [4.69, 9.17) is 9.15 Å². The number of amides is 2. The highest BCUT2D eigenvalue weighted by Crippen LogP contribution is 2.23. The molecule has 0 unspecified atom stereocenters. The number of benzene rings is 1. The van der Waals surface area contributed by atoms with Crippen molar-refractivity contribution in [1.82, 2.24) is 20.2 Å². The second kappa shape index (κ2) is 9.13. The van der Waals surface area contributed by atoms with Gasteiger partial charge in [0, 0.05) is 6.54 Å². The molecular formula is C22H23FN4O4. The van der Waals surface area contributed by atoms with Gasteiger partial charge in [0.25, 0.3) is 11.8 Å². The predicted molar refractivity (Wildman–Crippen MR) is 109 cm³/mol. The van der Waals surface area contributed by atoms with Crippen LogP contribution in [0.15, 0.2) is 47.2 Å². The minimum absolute atomic E-state index is 0.140. The van der Waals surface area contributed by atoms with Gasteiger partial charge in [-0.2, -0.15) is 0 Å². The van der Waals surface area contributed by atoms with Crippen LogP contribution < -0.4 is 10.6 Å². The summed E-state index contributed by atoms with van der Waals surface area (Å²) in [5.74, 6) is -0.574. The maximum Gasteiger partial charge on any atom is 0.268 e. The van der Waals surface area contributed by atoms with Crippen LogP contribution in [0.2, 0.25) is 0 Å². The van der Waals surface area contributed by atoms with Crippen molar-refractivity contribution in [2.24, 2.45) is 0 Å². The summed E-state index contributed by atoms with van der Waals surface area (Å²) >= 11 is 0. The normalized spacial score (nSPS) is 14.0. The SMILES string of the molecule is CC[C@@H](NC(=O)c1cc(C(=O)NCc2ncco2)c2n1CCOC2)c1ccc(F)cc1. The number of nitrogens with one attached hydrogen (secondary N) is 2. The third-order valence-corrected chi connectivity index (χ3v) is 5.25. The van der Waals surface area contributed by atoms with Gasteiger partial charge in [0.15, 0.2) is 0 Å². The maximum absolute atomic E-state index is 13.3. The number of carbonyl (C=O) groups excluding carboxylic acids is 2. The lowest BCUT2D eigenvalue weighted by Crippen LogP contribution is -2.31. The molecular weight excluding hydrogens is 403 g/mol. The van der Waals surface area contributed by atoms with Crippen molar-refractivity contribution in [3.63, 3.8) is 0 Å². The van der Waals surface area contributed by atoms with Crippen LogP contribution in [0.3, 0.4) is 0 Å². The molecule has 2 aromatic heterocycles. The summed E-state index contributed by atoms with van der Waals surface area (Å²) in [6.07, 6.45) is 3.57. The summed E-state index contributed by atoms with van der Waals surface area (Å²) in [6.45, 7) is 3.25. The lowest BCUT2D eigenvalue weighted by atomic mass is 10.0. The Kier molecular flexibility index (Phi) is 6.13. The van der Waals surface area contributed by atoms with E-state index < -0.39 is 0 Å². The second-order valence-corrected chi connectivity index (χ2v) is 7.19. The van der Waals surface area contributed by atoms with Crippen LogP contribution >= 0.6 is 0 Å². The third-order valence-electron chi connectivity index (χ3n) is 5.25. The Morgan fingerprint density at radius 3 is 2.77 bits per heavy atom. The Bertz CT molecular complexity index is 1060. The first-order chi connectivity index (χ1) is 15.1. The molecule has 0 spiro atoms. The topological polar surface area (TPSA) is 98.4 Å². The molecule has 3 aromatic rings. The molecule has 0 saturated carbocycles. The van der Waals surface area contributed by atoms with E-state index in [9.17, 15) is 14.0 Å². The predicted octanol–water partition coefficient (Wildman–Crippen LogP) is 2.96. The van der Waals surface area contributed by atoms with Crippen LogP contribution in [0.25, 0.3) is 0 Å². The molecule has 8 nitrogen and oxygen atoms in total. The Hall–Kier alpha value is -3.46. The largest absolute Gasteiger partial charge is 0.447 e.